The third kappa shape index (κ3) is 3.48. The number of fused-ring (bicyclic) bond motifs is 1. The van der Waals surface area contributed by atoms with Crippen molar-refractivity contribution in [3.63, 3.8) is 0 Å². The van der Waals surface area contributed by atoms with Gasteiger partial charge in [0.2, 0.25) is 0 Å². The monoisotopic (exact) mass is 385 g/mol. The van der Waals surface area contributed by atoms with Crippen LogP contribution in [0.15, 0.2) is 29.3 Å². The van der Waals surface area contributed by atoms with Crippen LogP contribution in [0.3, 0.4) is 0 Å². The molecule has 0 saturated heterocycles. The van der Waals surface area contributed by atoms with E-state index in [4.69, 9.17) is 4.74 Å². The number of benzene rings is 1. The topological polar surface area (TPSA) is 92.6 Å². The molecule has 2 aromatic rings. The Bertz CT molecular complexity index is 885. The molecule has 0 saturated carbocycles. The molecule has 0 aliphatic carbocycles. The lowest BCUT2D eigenvalue weighted by atomic mass is 10.2. The molecule has 1 aromatic carbocycles. The second kappa shape index (κ2) is 7.14. The van der Waals surface area contributed by atoms with Crippen LogP contribution in [0.5, 0.6) is 5.75 Å². The molecule has 7 nitrogen and oxygen atoms in total. The van der Waals surface area contributed by atoms with Gasteiger partial charge in [0, 0.05) is 25.0 Å². The zero-order valence-corrected chi connectivity index (χ0v) is 14.8. The van der Waals surface area contributed by atoms with E-state index < -0.39 is 40.7 Å². The number of hydrogen-bond donors (Lipinski definition) is 3. The van der Waals surface area contributed by atoms with Gasteiger partial charge < -0.3 is 19.7 Å². The van der Waals surface area contributed by atoms with Crippen LogP contribution in [-0.4, -0.2) is 38.5 Å². The van der Waals surface area contributed by atoms with Gasteiger partial charge in [0.25, 0.3) is 5.91 Å². The number of anilines is 1. The number of halogens is 2. The number of aliphatic hydroxyl groups is 1. The summed E-state index contributed by atoms with van der Waals surface area (Å²) in [6.45, 7) is 1.54. The molecular weight excluding hydrogens is 368 g/mol. The Morgan fingerprint density at radius 2 is 2.19 bits per heavy atom. The van der Waals surface area contributed by atoms with Gasteiger partial charge in [-0.25, -0.2) is 17.7 Å². The highest BCUT2D eigenvalue weighted by atomic mass is 32.2. The van der Waals surface area contributed by atoms with E-state index in [0.717, 1.165) is 12.1 Å². The summed E-state index contributed by atoms with van der Waals surface area (Å²) in [4.78, 5) is 12.9. The van der Waals surface area contributed by atoms with Gasteiger partial charge in [0.1, 0.15) is 22.5 Å². The summed E-state index contributed by atoms with van der Waals surface area (Å²) in [5.74, 6) is -2.63. The summed E-state index contributed by atoms with van der Waals surface area (Å²) in [5, 5.41) is 12.1. The summed E-state index contributed by atoms with van der Waals surface area (Å²) in [5.41, 5.74) is 0.143. The number of hydrogen-bond acceptors (Lipinski definition) is 4. The van der Waals surface area contributed by atoms with Gasteiger partial charge in [0.15, 0.2) is 23.1 Å². The third-order valence-corrected chi connectivity index (χ3v) is 5.15. The first-order chi connectivity index (χ1) is 12.3. The van der Waals surface area contributed by atoms with Crippen molar-refractivity contribution >= 4 is 22.6 Å². The van der Waals surface area contributed by atoms with Crippen molar-refractivity contribution in [2.75, 3.05) is 11.9 Å². The minimum Gasteiger partial charge on any atom is -0.488 e. The number of aromatic nitrogens is 1. The van der Waals surface area contributed by atoms with Gasteiger partial charge in [-0.05, 0) is 19.1 Å². The Labute approximate surface area is 150 Å². The van der Waals surface area contributed by atoms with Gasteiger partial charge >= 0.3 is 0 Å². The number of nitrogens with one attached hydrogen (secondary N) is 2. The van der Waals surface area contributed by atoms with Crippen molar-refractivity contribution < 1.29 is 27.6 Å². The fraction of sp³-hybridized carbons (Fsp3) is 0.312. The predicted molar refractivity (Wildman–Crippen MR) is 90.2 cm³/mol. The molecule has 3 N–H and O–H groups in total. The van der Waals surface area contributed by atoms with E-state index in [1.54, 1.807) is 7.05 Å². The average Bonchev–Trinajstić information content (AvgIpc) is 2.82. The highest BCUT2D eigenvalue weighted by Gasteiger charge is 2.31. The molecule has 10 heteroatoms. The second-order valence-electron chi connectivity index (χ2n) is 5.91. The maximum atomic E-state index is 13.3. The molecule has 1 amide bonds. The van der Waals surface area contributed by atoms with E-state index in [1.165, 1.54) is 23.8 Å². The van der Waals surface area contributed by atoms with Gasteiger partial charge in [-0.2, -0.15) is 0 Å². The molecule has 0 spiro atoms. The third-order valence-electron chi connectivity index (χ3n) is 3.94. The summed E-state index contributed by atoms with van der Waals surface area (Å²) < 4.78 is 48.5. The van der Waals surface area contributed by atoms with Gasteiger partial charge in [-0.1, -0.05) is 0 Å². The molecule has 2 heterocycles. The Kier molecular flexibility index (Phi) is 5.08. The lowest BCUT2D eigenvalue weighted by Crippen LogP contribution is -2.42. The van der Waals surface area contributed by atoms with Crippen LogP contribution in [-0.2, 0) is 18.0 Å². The Balaban J connectivity index is 1.91. The lowest BCUT2D eigenvalue weighted by Gasteiger charge is -2.17. The van der Waals surface area contributed by atoms with Crippen molar-refractivity contribution in [3.05, 3.63) is 41.7 Å². The van der Waals surface area contributed by atoms with Crippen LogP contribution in [0.2, 0.25) is 0 Å². The summed E-state index contributed by atoms with van der Waals surface area (Å²) in [6, 6.07) is 2.41. The number of carbonyl (C=O) groups excluding carboxylic acids is 1. The van der Waals surface area contributed by atoms with E-state index in [2.05, 4.69) is 10.0 Å². The molecule has 3 atom stereocenters. The number of nitrogens with zero attached hydrogens (tertiary/aromatic N) is 1. The first kappa shape index (κ1) is 18.5. The molecule has 1 aromatic heterocycles. The highest BCUT2D eigenvalue weighted by Crippen LogP contribution is 2.31. The molecule has 1 aliphatic heterocycles. The molecule has 3 unspecified atom stereocenters. The fourth-order valence-electron chi connectivity index (χ4n) is 2.52. The van der Waals surface area contributed by atoms with Crippen LogP contribution in [0.4, 0.5) is 14.5 Å². The number of aryl methyl sites for hydroxylation is 1. The maximum Gasteiger partial charge on any atom is 0.276 e. The van der Waals surface area contributed by atoms with Crippen LogP contribution < -0.4 is 14.8 Å². The van der Waals surface area contributed by atoms with E-state index in [9.17, 15) is 22.9 Å². The van der Waals surface area contributed by atoms with Gasteiger partial charge in [-0.15, -0.1) is 0 Å². The molecule has 0 radical (unpaired) electrons. The predicted octanol–water partition coefficient (Wildman–Crippen LogP) is 1.31. The first-order valence-electron chi connectivity index (χ1n) is 7.72. The van der Waals surface area contributed by atoms with Crippen LogP contribution in [0.1, 0.15) is 17.4 Å². The Hall–Kier alpha value is -2.30. The molecule has 1 aliphatic rings. The standard InChI is InChI=1S/C16H17F2N3O4S/c1-8(22)12-7-25-15-13(26(24)20-12)6-21(2)14(15)16(23)19-9-3-4-10(17)11(18)5-9/h3-6,8,12,20,22H,7H2,1-2H3,(H,19,23). The van der Waals surface area contributed by atoms with E-state index in [-0.39, 0.29) is 28.6 Å². The minimum absolute atomic E-state index is 0.00583. The molecule has 0 bridgehead atoms. The van der Waals surface area contributed by atoms with Crippen LogP contribution in [0.25, 0.3) is 0 Å². The average molecular weight is 385 g/mol. The van der Waals surface area contributed by atoms with Crippen molar-refractivity contribution in [2.24, 2.45) is 7.05 Å². The number of rotatable bonds is 3. The summed E-state index contributed by atoms with van der Waals surface area (Å²) >= 11 is 0. The minimum atomic E-state index is -1.69. The van der Waals surface area contributed by atoms with Crippen LogP contribution in [0, 0.1) is 11.6 Å². The molecule has 26 heavy (non-hydrogen) atoms. The number of ether oxygens (including phenoxy) is 1. The fourth-order valence-corrected chi connectivity index (χ4v) is 3.77. The largest absolute Gasteiger partial charge is 0.488 e. The quantitative estimate of drug-likeness (QED) is 0.743. The van der Waals surface area contributed by atoms with Crippen molar-refractivity contribution in [3.8, 4) is 5.75 Å². The Morgan fingerprint density at radius 1 is 1.46 bits per heavy atom. The molecular formula is C16H17F2N3O4S. The summed E-state index contributed by atoms with van der Waals surface area (Å²) in [7, 11) is -0.117. The normalized spacial score (nSPS) is 20.7. The molecule has 3 rings (SSSR count). The zero-order chi connectivity index (χ0) is 19.0. The van der Waals surface area contributed by atoms with Crippen LogP contribution >= 0.6 is 0 Å². The first-order valence-corrected chi connectivity index (χ1v) is 8.87. The maximum absolute atomic E-state index is 13.3. The Morgan fingerprint density at radius 3 is 2.85 bits per heavy atom. The van der Waals surface area contributed by atoms with E-state index in [0.29, 0.717) is 0 Å². The van der Waals surface area contributed by atoms with Crippen molar-refractivity contribution in [1.29, 1.82) is 0 Å². The van der Waals surface area contributed by atoms with E-state index >= 15 is 0 Å². The molecule has 140 valence electrons. The zero-order valence-electron chi connectivity index (χ0n) is 14.0. The lowest BCUT2D eigenvalue weighted by molar-refractivity contribution is 0.101. The van der Waals surface area contributed by atoms with Gasteiger partial charge in [-0.3, -0.25) is 4.79 Å². The van der Waals surface area contributed by atoms with Crippen molar-refractivity contribution in [1.82, 2.24) is 9.29 Å². The number of carbonyl (C=O) groups is 1. The van der Waals surface area contributed by atoms with Crippen molar-refractivity contribution in [2.45, 2.75) is 24.0 Å². The number of aliphatic hydroxyl groups excluding tert-OH is 1. The number of amides is 1. The van der Waals surface area contributed by atoms with Gasteiger partial charge in [0.05, 0.1) is 12.1 Å². The smallest absolute Gasteiger partial charge is 0.276 e. The SMILES string of the molecule is CC(O)C1COc2c(cn(C)c2C(=O)Nc2ccc(F)c(F)c2)S(=O)N1. The summed E-state index contributed by atoms with van der Waals surface area (Å²) in [6.07, 6.45) is 0.666. The molecule has 0 fully saturated rings. The highest BCUT2D eigenvalue weighted by molar-refractivity contribution is 7.83. The van der Waals surface area contributed by atoms with E-state index in [1.807, 2.05) is 0 Å². The second-order valence-corrected chi connectivity index (χ2v) is 7.12.